The van der Waals surface area contributed by atoms with Gasteiger partial charge in [-0.1, -0.05) is 0 Å². The van der Waals surface area contributed by atoms with Crippen molar-refractivity contribution >= 4 is 15.9 Å². The molecule has 0 aromatic carbocycles. The molecule has 1 aliphatic heterocycles. The quantitative estimate of drug-likeness (QED) is 0.633. The van der Waals surface area contributed by atoms with Crippen LogP contribution >= 0.6 is 0 Å². The van der Waals surface area contributed by atoms with Gasteiger partial charge in [-0.25, -0.2) is 13.6 Å². The summed E-state index contributed by atoms with van der Waals surface area (Å²) in [6, 6.07) is 0. The predicted molar refractivity (Wildman–Crippen MR) is 59.2 cm³/mol. The van der Waals surface area contributed by atoms with E-state index in [0.717, 1.165) is 19.3 Å². The normalized spacial score (nSPS) is 21.7. The highest BCUT2D eigenvalue weighted by Crippen LogP contribution is 2.12. The van der Waals surface area contributed by atoms with Crippen molar-refractivity contribution in [3.8, 4) is 0 Å². The number of carbonyl (C=O) groups excluding carboxylic acids is 1. The Kier molecular flexibility index (Phi) is 5.17. The molecule has 1 aliphatic rings. The van der Waals surface area contributed by atoms with E-state index < -0.39 is 10.0 Å². The van der Waals surface area contributed by atoms with Crippen LogP contribution in [0.4, 0.5) is 0 Å². The van der Waals surface area contributed by atoms with Gasteiger partial charge in [0, 0.05) is 13.2 Å². The van der Waals surface area contributed by atoms with Gasteiger partial charge in [0.15, 0.2) is 0 Å². The van der Waals surface area contributed by atoms with Crippen LogP contribution in [-0.4, -0.2) is 39.3 Å². The Morgan fingerprint density at radius 3 is 2.75 bits per heavy atom. The van der Waals surface area contributed by atoms with Crippen molar-refractivity contribution in [2.75, 3.05) is 18.9 Å². The van der Waals surface area contributed by atoms with Gasteiger partial charge in [0.1, 0.15) is 6.10 Å². The minimum atomic E-state index is -3.43. The third-order valence-corrected chi connectivity index (χ3v) is 3.23. The Morgan fingerprint density at radius 1 is 1.44 bits per heavy atom. The molecule has 0 bridgehead atoms. The SMILES string of the molecule is NS(=O)(=O)CCCNC(=O)C1CCCCO1. The Balaban J connectivity index is 2.14. The predicted octanol–water partition coefficient (Wildman–Crippen LogP) is -0.650. The molecule has 1 amide bonds. The Bertz CT molecular complexity index is 322. The van der Waals surface area contributed by atoms with Crippen molar-refractivity contribution in [1.82, 2.24) is 5.32 Å². The summed E-state index contributed by atoms with van der Waals surface area (Å²) < 4.78 is 26.5. The number of nitrogens with two attached hydrogens (primary N) is 1. The number of nitrogens with one attached hydrogen (secondary N) is 1. The number of sulfonamides is 1. The van der Waals surface area contributed by atoms with E-state index >= 15 is 0 Å². The monoisotopic (exact) mass is 250 g/mol. The van der Waals surface area contributed by atoms with Crippen LogP contribution in [0, 0.1) is 0 Å². The first-order chi connectivity index (χ1) is 7.49. The topological polar surface area (TPSA) is 98.5 Å². The van der Waals surface area contributed by atoms with E-state index in [1.54, 1.807) is 0 Å². The highest BCUT2D eigenvalue weighted by Gasteiger charge is 2.21. The fourth-order valence-electron chi connectivity index (χ4n) is 1.55. The summed E-state index contributed by atoms with van der Waals surface area (Å²) >= 11 is 0. The third-order valence-electron chi connectivity index (χ3n) is 2.38. The molecule has 1 saturated heterocycles. The second-order valence-electron chi connectivity index (χ2n) is 3.87. The molecule has 1 atom stereocenters. The molecule has 1 rings (SSSR count). The molecule has 16 heavy (non-hydrogen) atoms. The van der Waals surface area contributed by atoms with E-state index in [0.29, 0.717) is 19.6 Å². The number of ether oxygens (including phenoxy) is 1. The van der Waals surface area contributed by atoms with Crippen LogP contribution in [0.15, 0.2) is 0 Å². The van der Waals surface area contributed by atoms with Crippen LogP contribution < -0.4 is 10.5 Å². The van der Waals surface area contributed by atoms with Crippen molar-refractivity contribution in [2.45, 2.75) is 31.8 Å². The molecule has 94 valence electrons. The highest BCUT2D eigenvalue weighted by atomic mass is 32.2. The summed E-state index contributed by atoms with van der Waals surface area (Å²) in [5.41, 5.74) is 0. The van der Waals surface area contributed by atoms with Gasteiger partial charge in [0.25, 0.3) is 0 Å². The Morgan fingerprint density at radius 2 is 2.19 bits per heavy atom. The van der Waals surface area contributed by atoms with Gasteiger partial charge in [0.05, 0.1) is 5.75 Å². The fourth-order valence-corrected chi connectivity index (χ4v) is 2.09. The number of hydrogen-bond acceptors (Lipinski definition) is 4. The minimum absolute atomic E-state index is 0.112. The molecule has 7 heteroatoms. The first-order valence-corrected chi connectivity index (χ1v) is 7.10. The zero-order valence-corrected chi connectivity index (χ0v) is 9.96. The van der Waals surface area contributed by atoms with Crippen LogP contribution in [0.1, 0.15) is 25.7 Å². The average Bonchev–Trinajstić information content (AvgIpc) is 2.24. The summed E-state index contributed by atoms with van der Waals surface area (Å²) in [5, 5.41) is 7.47. The minimum Gasteiger partial charge on any atom is -0.368 e. The number of rotatable bonds is 5. The summed E-state index contributed by atoms with van der Waals surface area (Å²) in [7, 11) is -3.43. The van der Waals surface area contributed by atoms with Gasteiger partial charge in [-0.15, -0.1) is 0 Å². The second-order valence-corrected chi connectivity index (χ2v) is 5.60. The number of carbonyl (C=O) groups is 1. The summed E-state index contributed by atoms with van der Waals surface area (Å²) in [6.45, 7) is 0.935. The summed E-state index contributed by atoms with van der Waals surface area (Å²) in [5.74, 6) is -0.271. The fraction of sp³-hybridized carbons (Fsp3) is 0.889. The molecule has 0 saturated carbocycles. The van der Waals surface area contributed by atoms with Gasteiger partial charge in [0.2, 0.25) is 15.9 Å². The van der Waals surface area contributed by atoms with E-state index in [9.17, 15) is 13.2 Å². The summed E-state index contributed by atoms with van der Waals surface area (Å²) in [4.78, 5) is 11.5. The maximum Gasteiger partial charge on any atom is 0.249 e. The van der Waals surface area contributed by atoms with Crippen LogP contribution in [0.5, 0.6) is 0 Å². The van der Waals surface area contributed by atoms with Gasteiger partial charge in [-0.05, 0) is 25.7 Å². The van der Waals surface area contributed by atoms with Crippen LogP contribution in [-0.2, 0) is 19.6 Å². The van der Waals surface area contributed by atoms with Gasteiger partial charge < -0.3 is 10.1 Å². The van der Waals surface area contributed by atoms with Crippen molar-refractivity contribution in [3.05, 3.63) is 0 Å². The van der Waals surface area contributed by atoms with E-state index in [4.69, 9.17) is 9.88 Å². The largest absolute Gasteiger partial charge is 0.368 e. The molecule has 1 heterocycles. The Hall–Kier alpha value is -0.660. The number of hydrogen-bond donors (Lipinski definition) is 2. The Labute approximate surface area is 95.6 Å². The van der Waals surface area contributed by atoms with E-state index in [-0.39, 0.29) is 17.8 Å². The van der Waals surface area contributed by atoms with Gasteiger partial charge >= 0.3 is 0 Å². The van der Waals surface area contributed by atoms with Crippen molar-refractivity contribution < 1.29 is 17.9 Å². The van der Waals surface area contributed by atoms with E-state index in [1.807, 2.05) is 0 Å². The lowest BCUT2D eigenvalue weighted by Crippen LogP contribution is -2.39. The molecular formula is C9H18N2O4S. The molecule has 1 fully saturated rings. The lowest BCUT2D eigenvalue weighted by Gasteiger charge is -2.21. The molecule has 3 N–H and O–H groups in total. The molecule has 6 nitrogen and oxygen atoms in total. The number of amides is 1. The first-order valence-electron chi connectivity index (χ1n) is 5.39. The highest BCUT2D eigenvalue weighted by molar-refractivity contribution is 7.89. The van der Waals surface area contributed by atoms with E-state index in [2.05, 4.69) is 5.32 Å². The zero-order valence-electron chi connectivity index (χ0n) is 9.15. The second kappa shape index (κ2) is 6.17. The summed E-state index contributed by atoms with van der Waals surface area (Å²) in [6.07, 6.45) is 2.69. The van der Waals surface area contributed by atoms with Crippen LogP contribution in [0.25, 0.3) is 0 Å². The molecule has 1 unspecified atom stereocenters. The average molecular weight is 250 g/mol. The van der Waals surface area contributed by atoms with Crippen molar-refractivity contribution in [2.24, 2.45) is 5.14 Å². The lowest BCUT2D eigenvalue weighted by atomic mass is 10.1. The third kappa shape index (κ3) is 5.43. The molecular weight excluding hydrogens is 232 g/mol. The van der Waals surface area contributed by atoms with Crippen molar-refractivity contribution in [1.29, 1.82) is 0 Å². The molecule has 0 aromatic rings. The van der Waals surface area contributed by atoms with Crippen molar-refractivity contribution in [3.63, 3.8) is 0 Å². The first kappa shape index (κ1) is 13.4. The maximum atomic E-state index is 11.5. The molecule has 0 aliphatic carbocycles. The van der Waals surface area contributed by atoms with Gasteiger partial charge in [-0.2, -0.15) is 0 Å². The smallest absolute Gasteiger partial charge is 0.249 e. The molecule has 0 spiro atoms. The molecule has 0 aromatic heterocycles. The molecule has 0 radical (unpaired) electrons. The van der Waals surface area contributed by atoms with E-state index in [1.165, 1.54) is 0 Å². The zero-order chi connectivity index (χ0) is 12.0. The lowest BCUT2D eigenvalue weighted by molar-refractivity contribution is -0.135. The number of primary sulfonamides is 1. The van der Waals surface area contributed by atoms with Gasteiger partial charge in [-0.3, -0.25) is 4.79 Å². The maximum absolute atomic E-state index is 11.5. The van der Waals surface area contributed by atoms with Crippen LogP contribution in [0.2, 0.25) is 0 Å². The van der Waals surface area contributed by atoms with Crippen LogP contribution in [0.3, 0.4) is 0 Å². The standard InChI is InChI=1S/C9H18N2O4S/c10-16(13,14)7-3-5-11-9(12)8-4-1-2-6-15-8/h8H,1-7H2,(H,11,12)(H2,10,13,14).